The minimum Gasteiger partial charge on any atom is -0.411 e. The number of rotatable bonds is 4. The van der Waals surface area contributed by atoms with Crippen LogP contribution in [0.15, 0.2) is 29.4 Å². The van der Waals surface area contributed by atoms with Crippen molar-refractivity contribution in [2.24, 2.45) is 11.1 Å². The number of oxime groups is 1. The largest absolute Gasteiger partial charge is 0.411 e. The van der Waals surface area contributed by atoms with Crippen LogP contribution in [0.25, 0.3) is 0 Å². The van der Waals surface area contributed by atoms with Gasteiger partial charge in [0.1, 0.15) is 0 Å². The van der Waals surface area contributed by atoms with Crippen LogP contribution >= 0.6 is 0 Å². The molecule has 1 unspecified atom stereocenters. The number of benzene rings is 1. The van der Waals surface area contributed by atoms with Crippen molar-refractivity contribution in [2.75, 3.05) is 5.32 Å². The lowest BCUT2D eigenvalue weighted by Crippen LogP contribution is -2.21. The zero-order chi connectivity index (χ0) is 12.8. The van der Waals surface area contributed by atoms with E-state index in [-0.39, 0.29) is 11.8 Å². The predicted molar refractivity (Wildman–Crippen MR) is 68.5 cm³/mol. The Morgan fingerprint density at radius 2 is 2.12 bits per heavy atom. The molecule has 0 aliphatic heterocycles. The normalized spacial score (nSPS) is 13.2. The number of hydrogen-bond acceptors (Lipinski definition) is 3. The average Bonchev–Trinajstić information content (AvgIpc) is 2.37. The van der Waals surface area contributed by atoms with Crippen molar-refractivity contribution in [2.45, 2.75) is 27.2 Å². The van der Waals surface area contributed by atoms with Crippen LogP contribution in [0.3, 0.4) is 0 Å². The molecular formula is C13H18N2O2. The van der Waals surface area contributed by atoms with E-state index in [4.69, 9.17) is 5.21 Å². The lowest BCUT2D eigenvalue weighted by atomic mass is 10.1. The van der Waals surface area contributed by atoms with Gasteiger partial charge in [-0.15, -0.1) is 0 Å². The molecular weight excluding hydrogens is 216 g/mol. The summed E-state index contributed by atoms with van der Waals surface area (Å²) in [6.07, 6.45) is 0.793. The van der Waals surface area contributed by atoms with Gasteiger partial charge < -0.3 is 10.5 Å². The molecule has 0 fully saturated rings. The van der Waals surface area contributed by atoms with Crippen molar-refractivity contribution in [1.29, 1.82) is 0 Å². The van der Waals surface area contributed by atoms with E-state index in [1.807, 2.05) is 26.0 Å². The molecule has 17 heavy (non-hydrogen) atoms. The van der Waals surface area contributed by atoms with Gasteiger partial charge in [0.15, 0.2) is 0 Å². The SMILES string of the molecule is CCC(C)C(=O)Nc1ccccc1/C(C)=N/O. The molecule has 1 rings (SSSR count). The van der Waals surface area contributed by atoms with E-state index in [1.54, 1.807) is 19.1 Å². The Balaban J connectivity index is 2.95. The number of nitrogens with one attached hydrogen (secondary N) is 1. The molecule has 2 N–H and O–H groups in total. The Morgan fingerprint density at radius 3 is 2.71 bits per heavy atom. The summed E-state index contributed by atoms with van der Waals surface area (Å²) < 4.78 is 0. The summed E-state index contributed by atoms with van der Waals surface area (Å²) in [5.74, 6) is -0.0554. The Bertz CT molecular complexity index is 427. The lowest BCUT2D eigenvalue weighted by molar-refractivity contribution is -0.119. The van der Waals surface area contributed by atoms with Gasteiger partial charge in [-0.3, -0.25) is 4.79 Å². The van der Waals surface area contributed by atoms with Crippen molar-refractivity contribution in [3.8, 4) is 0 Å². The van der Waals surface area contributed by atoms with E-state index in [9.17, 15) is 4.79 Å². The molecule has 0 saturated carbocycles. The summed E-state index contributed by atoms with van der Waals surface area (Å²) in [6.45, 7) is 5.54. The highest BCUT2D eigenvalue weighted by atomic mass is 16.4. The third-order valence-electron chi connectivity index (χ3n) is 2.78. The number of carbonyl (C=O) groups excluding carboxylic acids is 1. The lowest BCUT2D eigenvalue weighted by Gasteiger charge is -2.13. The second-order valence-corrected chi connectivity index (χ2v) is 4.03. The van der Waals surface area contributed by atoms with Crippen molar-refractivity contribution >= 4 is 17.3 Å². The Kier molecular flexibility index (Phi) is 4.69. The summed E-state index contributed by atoms with van der Waals surface area (Å²) in [7, 11) is 0. The zero-order valence-corrected chi connectivity index (χ0v) is 10.4. The maximum atomic E-state index is 11.8. The van der Waals surface area contributed by atoms with Crippen molar-refractivity contribution in [3.63, 3.8) is 0 Å². The topological polar surface area (TPSA) is 61.7 Å². The molecule has 0 aromatic heterocycles. The average molecular weight is 234 g/mol. The Hall–Kier alpha value is -1.84. The van der Waals surface area contributed by atoms with E-state index < -0.39 is 0 Å². The molecule has 0 saturated heterocycles. The third kappa shape index (κ3) is 3.31. The molecule has 0 bridgehead atoms. The van der Waals surface area contributed by atoms with Crippen molar-refractivity contribution < 1.29 is 10.0 Å². The Morgan fingerprint density at radius 1 is 1.47 bits per heavy atom. The molecule has 1 amide bonds. The minimum absolute atomic E-state index is 0.0225. The van der Waals surface area contributed by atoms with Crippen LogP contribution in [-0.4, -0.2) is 16.8 Å². The van der Waals surface area contributed by atoms with E-state index >= 15 is 0 Å². The molecule has 0 aliphatic carbocycles. The molecule has 4 heteroatoms. The van der Waals surface area contributed by atoms with Gasteiger partial charge in [0, 0.05) is 17.2 Å². The van der Waals surface area contributed by atoms with Crippen LogP contribution < -0.4 is 5.32 Å². The van der Waals surface area contributed by atoms with Gasteiger partial charge in [0.2, 0.25) is 5.91 Å². The van der Waals surface area contributed by atoms with E-state index in [1.165, 1.54) is 0 Å². The van der Waals surface area contributed by atoms with Crippen LogP contribution in [0.1, 0.15) is 32.8 Å². The Labute approximate surface area is 101 Å². The maximum Gasteiger partial charge on any atom is 0.227 e. The van der Waals surface area contributed by atoms with E-state index in [0.717, 1.165) is 12.0 Å². The van der Waals surface area contributed by atoms with Gasteiger partial charge in [-0.05, 0) is 19.4 Å². The summed E-state index contributed by atoms with van der Waals surface area (Å²) in [5.41, 5.74) is 1.88. The summed E-state index contributed by atoms with van der Waals surface area (Å²) in [4.78, 5) is 11.8. The third-order valence-corrected chi connectivity index (χ3v) is 2.78. The second kappa shape index (κ2) is 6.03. The van der Waals surface area contributed by atoms with Gasteiger partial charge in [-0.1, -0.05) is 37.2 Å². The first kappa shape index (κ1) is 13.2. The van der Waals surface area contributed by atoms with Gasteiger partial charge in [0.05, 0.1) is 5.71 Å². The fourth-order valence-electron chi connectivity index (χ4n) is 1.40. The fraction of sp³-hybridized carbons (Fsp3) is 0.385. The molecule has 4 nitrogen and oxygen atoms in total. The van der Waals surface area contributed by atoms with Crippen molar-refractivity contribution in [1.82, 2.24) is 0 Å². The number of amides is 1. The number of anilines is 1. The van der Waals surface area contributed by atoms with Gasteiger partial charge in [-0.25, -0.2) is 0 Å². The van der Waals surface area contributed by atoms with Crippen LogP contribution in [0, 0.1) is 5.92 Å². The highest BCUT2D eigenvalue weighted by Crippen LogP contribution is 2.17. The molecule has 1 aromatic carbocycles. The first-order valence-electron chi connectivity index (χ1n) is 5.69. The van der Waals surface area contributed by atoms with Crippen molar-refractivity contribution in [3.05, 3.63) is 29.8 Å². The van der Waals surface area contributed by atoms with E-state index in [0.29, 0.717) is 11.4 Å². The fourth-order valence-corrected chi connectivity index (χ4v) is 1.40. The minimum atomic E-state index is -0.0329. The van der Waals surface area contributed by atoms with E-state index in [2.05, 4.69) is 10.5 Å². The predicted octanol–water partition coefficient (Wildman–Crippen LogP) is 2.87. The smallest absolute Gasteiger partial charge is 0.227 e. The number of para-hydroxylation sites is 1. The van der Waals surface area contributed by atoms with Gasteiger partial charge >= 0.3 is 0 Å². The molecule has 1 aromatic rings. The van der Waals surface area contributed by atoms with Crippen LogP contribution in [0.5, 0.6) is 0 Å². The molecule has 92 valence electrons. The monoisotopic (exact) mass is 234 g/mol. The van der Waals surface area contributed by atoms with Crippen LogP contribution in [0.4, 0.5) is 5.69 Å². The number of carbonyl (C=O) groups is 1. The first-order chi connectivity index (χ1) is 8.10. The quantitative estimate of drug-likeness (QED) is 0.478. The van der Waals surface area contributed by atoms with Crippen LogP contribution in [-0.2, 0) is 4.79 Å². The molecule has 1 atom stereocenters. The molecule has 0 aliphatic rings. The standard InChI is InChI=1S/C13H18N2O2/c1-4-9(2)13(16)14-12-8-6-5-7-11(12)10(3)15-17/h5-9,17H,4H2,1-3H3,(H,14,16)/b15-10+. The summed E-state index contributed by atoms with van der Waals surface area (Å²) in [6, 6.07) is 7.27. The molecule has 0 radical (unpaired) electrons. The highest BCUT2D eigenvalue weighted by Gasteiger charge is 2.13. The highest BCUT2D eigenvalue weighted by molar-refractivity contribution is 6.06. The zero-order valence-electron chi connectivity index (χ0n) is 10.4. The number of hydrogen-bond donors (Lipinski definition) is 2. The molecule has 0 spiro atoms. The second-order valence-electron chi connectivity index (χ2n) is 4.03. The first-order valence-corrected chi connectivity index (χ1v) is 5.69. The number of nitrogens with zero attached hydrogens (tertiary/aromatic N) is 1. The summed E-state index contributed by atoms with van der Waals surface area (Å²) in [5, 5.41) is 14.8. The van der Waals surface area contributed by atoms with Crippen LogP contribution in [0.2, 0.25) is 0 Å². The van der Waals surface area contributed by atoms with Gasteiger partial charge in [-0.2, -0.15) is 0 Å². The van der Waals surface area contributed by atoms with Gasteiger partial charge in [0.25, 0.3) is 0 Å². The molecule has 0 heterocycles. The summed E-state index contributed by atoms with van der Waals surface area (Å²) >= 11 is 0. The maximum absolute atomic E-state index is 11.8.